The third kappa shape index (κ3) is 4.32. The number of carbonyl (C=O) groups excluding carboxylic acids is 1. The molecule has 0 radical (unpaired) electrons. The van der Waals surface area contributed by atoms with Crippen LogP contribution >= 0.6 is 11.3 Å². The van der Waals surface area contributed by atoms with Gasteiger partial charge in [-0.1, -0.05) is 13.3 Å². The summed E-state index contributed by atoms with van der Waals surface area (Å²) in [4.78, 5) is 15.0. The van der Waals surface area contributed by atoms with Gasteiger partial charge in [-0.15, -0.1) is 11.3 Å². The van der Waals surface area contributed by atoms with E-state index in [1.165, 1.54) is 22.6 Å². The van der Waals surface area contributed by atoms with Gasteiger partial charge in [-0.3, -0.25) is 4.79 Å². The van der Waals surface area contributed by atoms with E-state index < -0.39 is 0 Å². The van der Waals surface area contributed by atoms with Gasteiger partial charge in [0.05, 0.1) is 6.04 Å². The highest BCUT2D eigenvalue weighted by atomic mass is 32.1. The molecule has 0 saturated carbocycles. The number of piperidine rings is 1. The largest absolute Gasteiger partial charge is 0.352 e. The van der Waals surface area contributed by atoms with E-state index in [4.69, 9.17) is 0 Å². The molecule has 1 amide bonds. The van der Waals surface area contributed by atoms with Crippen molar-refractivity contribution in [3.05, 3.63) is 21.9 Å². The van der Waals surface area contributed by atoms with E-state index in [-0.39, 0.29) is 18.0 Å². The molecule has 1 aliphatic heterocycles. The maximum absolute atomic E-state index is 12.3. The highest BCUT2D eigenvalue weighted by Gasteiger charge is 2.26. The van der Waals surface area contributed by atoms with Crippen LogP contribution < -0.4 is 10.6 Å². The number of hydrogen-bond acceptors (Lipinski definition) is 3. The first kappa shape index (κ1) is 15.5. The predicted octanol–water partition coefficient (Wildman–Crippen LogP) is 2.88. The van der Waals surface area contributed by atoms with E-state index in [0.29, 0.717) is 5.92 Å². The minimum absolute atomic E-state index is 0.00113. The van der Waals surface area contributed by atoms with Gasteiger partial charge in [-0.2, -0.15) is 0 Å². The Morgan fingerprint density at radius 3 is 3.00 bits per heavy atom. The zero-order valence-corrected chi connectivity index (χ0v) is 13.6. The fourth-order valence-corrected chi connectivity index (χ4v) is 3.88. The molecular weight excluding hydrogens is 268 g/mol. The SMILES string of the molecule is CCC1CCNC(C(=O)NC(C)Cc2ccc(C)s2)C1. The van der Waals surface area contributed by atoms with E-state index >= 15 is 0 Å². The molecule has 0 aliphatic carbocycles. The zero-order chi connectivity index (χ0) is 14.5. The van der Waals surface area contributed by atoms with E-state index in [1.54, 1.807) is 0 Å². The van der Waals surface area contributed by atoms with Crippen LogP contribution in [-0.4, -0.2) is 24.5 Å². The highest BCUT2D eigenvalue weighted by Crippen LogP contribution is 2.20. The molecule has 1 aliphatic rings. The molecule has 1 saturated heterocycles. The summed E-state index contributed by atoms with van der Waals surface area (Å²) >= 11 is 1.82. The number of amides is 1. The van der Waals surface area contributed by atoms with Gasteiger partial charge in [-0.05, 0) is 51.3 Å². The predicted molar refractivity (Wildman–Crippen MR) is 85.2 cm³/mol. The van der Waals surface area contributed by atoms with Crippen molar-refractivity contribution in [1.29, 1.82) is 0 Å². The molecule has 2 N–H and O–H groups in total. The van der Waals surface area contributed by atoms with Crippen LogP contribution in [0.15, 0.2) is 12.1 Å². The lowest BCUT2D eigenvalue weighted by atomic mass is 9.90. The van der Waals surface area contributed by atoms with E-state index in [9.17, 15) is 4.79 Å². The maximum Gasteiger partial charge on any atom is 0.237 e. The lowest BCUT2D eigenvalue weighted by Gasteiger charge is -2.29. The van der Waals surface area contributed by atoms with Gasteiger partial charge < -0.3 is 10.6 Å². The smallest absolute Gasteiger partial charge is 0.237 e. The highest BCUT2D eigenvalue weighted by molar-refractivity contribution is 7.11. The molecule has 3 nitrogen and oxygen atoms in total. The van der Waals surface area contributed by atoms with E-state index in [0.717, 1.165) is 19.4 Å². The van der Waals surface area contributed by atoms with Crippen molar-refractivity contribution in [3.63, 3.8) is 0 Å². The van der Waals surface area contributed by atoms with Gasteiger partial charge in [0, 0.05) is 22.2 Å². The Morgan fingerprint density at radius 2 is 2.35 bits per heavy atom. The first-order valence-electron chi connectivity index (χ1n) is 7.67. The van der Waals surface area contributed by atoms with Gasteiger partial charge in [0.2, 0.25) is 5.91 Å². The Morgan fingerprint density at radius 1 is 1.55 bits per heavy atom. The number of nitrogens with one attached hydrogen (secondary N) is 2. The van der Waals surface area contributed by atoms with Crippen molar-refractivity contribution in [2.24, 2.45) is 5.92 Å². The first-order chi connectivity index (χ1) is 9.58. The molecule has 1 aromatic heterocycles. The maximum atomic E-state index is 12.3. The lowest BCUT2D eigenvalue weighted by molar-refractivity contribution is -0.124. The Labute approximate surface area is 126 Å². The van der Waals surface area contributed by atoms with Gasteiger partial charge in [0.25, 0.3) is 0 Å². The second-order valence-electron chi connectivity index (χ2n) is 5.93. The summed E-state index contributed by atoms with van der Waals surface area (Å²) in [7, 11) is 0. The number of hydrogen-bond donors (Lipinski definition) is 2. The van der Waals surface area contributed by atoms with Crippen LogP contribution in [0.1, 0.15) is 42.9 Å². The molecular formula is C16H26N2OS. The van der Waals surface area contributed by atoms with Crippen molar-refractivity contribution in [2.45, 2.75) is 58.5 Å². The summed E-state index contributed by atoms with van der Waals surface area (Å²) in [6, 6.07) is 4.50. The van der Waals surface area contributed by atoms with Crippen molar-refractivity contribution >= 4 is 17.2 Å². The molecule has 2 heterocycles. The van der Waals surface area contributed by atoms with Gasteiger partial charge >= 0.3 is 0 Å². The lowest BCUT2D eigenvalue weighted by Crippen LogP contribution is -2.51. The van der Waals surface area contributed by atoms with Crippen LogP contribution in [0.4, 0.5) is 0 Å². The molecule has 20 heavy (non-hydrogen) atoms. The first-order valence-corrected chi connectivity index (χ1v) is 8.49. The minimum atomic E-state index is 0.00113. The molecule has 3 unspecified atom stereocenters. The third-order valence-corrected chi connectivity index (χ3v) is 5.12. The molecule has 112 valence electrons. The van der Waals surface area contributed by atoms with Gasteiger partial charge in [0.1, 0.15) is 0 Å². The average molecular weight is 294 g/mol. The molecule has 2 rings (SSSR count). The van der Waals surface area contributed by atoms with Crippen molar-refractivity contribution < 1.29 is 4.79 Å². The van der Waals surface area contributed by atoms with Crippen LogP contribution in [0.5, 0.6) is 0 Å². The topological polar surface area (TPSA) is 41.1 Å². The fourth-order valence-electron chi connectivity index (χ4n) is 2.86. The zero-order valence-electron chi connectivity index (χ0n) is 12.7. The summed E-state index contributed by atoms with van der Waals surface area (Å²) in [6.45, 7) is 7.39. The quantitative estimate of drug-likeness (QED) is 0.877. The normalized spacial score (nSPS) is 24.4. The van der Waals surface area contributed by atoms with Gasteiger partial charge in [-0.25, -0.2) is 0 Å². The van der Waals surface area contributed by atoms with Crippen LogP contribution in [0.25, 0.3) is 0 Å². The third-order valence-electron chi connectivity index (χ3n) is 4.10. The molecule has 1 fully saturated rings. The van der Waals surface area contributed by atoms with Crippen molar-refractivity contribution in [2.75, 3.05) is 6.54 Å². The Kier molecular flexibility index (Phi) is 5.61. The van der Waals surface area contributed by atoms with E-state index in [2.05, 4.69) is 43.5 Å². The number of thiophene rings is 1. The van der Waals surface area contributed by atoms with E-state index in [1.807, 2.05) is 11.3 Å². The van der Waals surface area contributed by atoms with Crippen LogP contribution in [0, 0.1) is 12.8 Å². The van der Waals surface area contributed by atoms with Crippen LogP contribution in [0.2, 0.25) is 0 Å². The average Bonchev–Trinajstić information content (AvgIpc) is 2.83. The number of aryl methyl sites for hydroxylation is 1. The Bertz CT molecular complexity index is 443. The summed E-state index contributed by atoms with van der Waals surface area (Å²) < 4.78 is 0. The van der Waals surface area contributed by atoms with Crippen molar-refractivity contribution in [3.8, 4) is 0 Å². The molecule has 0 spiro atoms. The number of carbonyl (C=O) groups is 1. The Hall–Kier alpha value is -0.870. The monoisotopic (exact) mass is 294 g/mol. The molecule has 3 atom stereocenters. The molecule has 0 aromatic carbocycles. The number of rotatable bonds is 5. The fraction of sp³-hybridized carbons (Fsp3) is 0.688. The molecule has 4 heteroatoms. The minimum Gasteiger partial charge on any atom is -0.352 e. The summed E-state index contributed by atoms with van der Waals surface area (Å²) in [6.07, 6.45) is 4.28. The van der Waals surface area contributed by atoms with Crippen LogP contribution in [-0.2, 0) is 11.2 Å². The summed E-state index contributed by atoms with van der Waals surface area (Å²) in [5, 5.41) is 6.50. The summed E-state index contributed by atoms with van der Waals surface area (Å²) in [5.74, 6) is 0.867. The second-order valence-corrected chi connectivity index (χ2v) is 7.30. The standard InChI is InChI=1S/C16H26N2OS/c1-4-13-7-8-17-15(10-13)16(19)18-11(2)9-14-6-5-12(3)20-14/h5-6,11,13,15,17H,4,7-10H2,1-3H3,(H,18,19). The van der Waals surface area contributed by atoms with Gasteiger partial charge in [0.15, 0.2) is 0 Å². The van der Waals surface area contributed by atoms with Crippen LogP contribution in [0.3, 0.4) is 0 Å². The van der Waals surface area contributed by atoms with Crippen molar-refractivity contribution in [1.82, 2.24) is 10.6 Å². The molecule has 1 aromatic rings. The Balaban J connectivity index is 1.81. The summed E-state index contributed by atoms with van der Waals surface area (Å²) in [5.41, 5.74) is 0. The molecule has 0 bridgehead atoms. The second kappa shape index (κ2) is 7.23.